The average Bonchev–Trinajstić information content (AvgIpc) is 2.61. The zero-order valence-electron chi connectivity index (χ0n) is 13.5. The minimum absolute atomic E-state index is 0.173. The van der Waals surface area contributed by atoms with Crippen molar-refractivity contribution in [2.45, 2.75) is 12.8 Å². The van der Waals surface area contributed by atoms with E-state index in [1.165, 1.54) is 26.4 Å². The number of amides is 1. The van der Waals surface area contributed by atoms with Gasteiger partial charge in [-0.2, -0.15) is 0 Å². The highest BCUT2D eigenvalue weighted by Gasteiger charge is 2.17. The quantitative estimate of drug-likeness (QED) is 0.809. The monoisotopic (exact) mass is 347 g/mol. The summed E-state index contributed by atoms with van der Waals surface area (Å²) in [6.07, 6.45) is 0.948. The molecule has 2 aromatic rings. The van der Waals surface area contributed by atoms with E-state index in [1.54, 1.807) is 0 Å². The van der Waals surface area contributed by atoms with E-state index in [9.17, 15) is 9.59 Å². The molecule has 0 atom stereocenters. The van der Waals surface area contributed by atoms with E-state index in [0.29, 0.717) is 18.5 Å². The van der Waals surface area contributed by atoms with Gasteiger partial charge in [0.05, 0.1) is 24.9 Å². The van der Waals surface area contributed by atoms with Crippen molar-refractivity contribution in [3.63, 3.8) is 0 Å². The molecule has 2 aromatic carbocycles. The molecule has 0 heterocycles. The smallest absolute Gasteiger partial charge is 0.341 e. The molecule has 0 fully saturated rings. The molecule has 1 N–H and O–H groups in total. The van der Waals surface area contributed by atoms with Crippen molar-refractivity contribution in [1.82, 2.24) is 0 Å². The normalized spacial score (nSPS) is 10.1. The predicted molar refractivity (Wildman–Crippen MR) is 92.7 cm³/mol. The Labute approximate surface area is 145 Å². The molecule has 0 aromatic heterocycles. The van der Waals surface area contributed by atoms with Gasteiger partial charge < -0.3 is 14.8 Å². The molecule has 0 spiro atoms. The summed E-state index contributed by atoms with van der Waals surface area (Å²) >= 11 is 6.14. The van der Waals surface area contributed by atoms with Gasteiger partial charge in [-0.1, -0.05) is 41.9 Å². The maximum absolute atomic E-state index is 12.1. The zero-order valence-corrected chi connectivity index (χ0v) is 14.2. The van der Waals surface area contributed by atoms with E-state index in [0.717, 1.165) is 5.56 Å². The third kappa shape index (κ3) is 4.49. The van der Waals surface area contributed by atoms with E-state index >= 15 is 0 Å². The predicted octanol–water partition coefficient (Wildman–Crippen LogP) is 3.71. The Morgan fingerprint density at radius 1 is 1.12 bits per heavy atom. The number of methoxy groups -OCH3 is 2. The Balaban J connectivity index is 2.08. The number of nitrogens with one attached hydrogen (secondary N) is 1. The maximum Gasteiger partial charge on any atom is 0.341 e. The van der Waals surface area contributed by atoms with Crippen LogP contribution in [0.1, 0.15) is 22.3 Å². The van der Waals surface area contributed by atoms with E-state index < -0.39 is 5.97 Å². The van der Waals surface area contributed by atoms with Gasteiger partial charge in [0.15, 0.2) is 0 Å². The summed E-state index contributed by atoms with van der Waals surface area (Å²) < 4.78 is 9.84. The third-order valence-electron chi connectivity index (χ3n) is 3.45. The molecule has 0 saturated carbocycles. The molecule has 0 bridgehead atoms. The minimum atomic E-state index is -0.560. The topological polar surface area (TPSA) is 64.6 Å². The highest BCUT2D eigenvalue weighted by Crippen LogP contribution is 2.31. The molecule has 6 heteroatoms. The van der Waals surface area contributed by atoms with Crippen molar-refractivity contribution in [2.24, 2.45) is 0 Å². The van der Waals surface area contributed by atoms with E-state index in [4.69, 9.17) is 16.3 Å². The van der Waals surface area contributed by atoms with Crippen LogP contribution < -0.4 is 10.1 Å². The van der Waals surface area contributed by atoms with Gasteiger partial charge in [-0.15, -0.1) is 0 Å². The highest BCUT2D eigenvalue weighted by atomic mass is 35.5. The fraction of sp³-hybridized carbons (Fsp3) is 0.222. The molecule has 24 heavy (non-hydrogen) atoms. The van der Waals surface area contributed by atoms with Crippen LogP contribution in [0, 0.1) is 0 Å². The van der Waals surface area contributed by atoms with Crippen LogP contribution in [0.2, 0.25) is 5.02 Å². The minimum Gasteiger partial charge on any atom is -0.496 e. The number of hydrogen-bond donors (Lipinski definition) is 1. The number of esters is 1. The van der Waals surface area contributed by atoms with Crippen molar-refractivity contribution in [1.29, 1.82) is 0 Å². The van der Waals surface area contributed by atoms with Gasteiger partial charge in [-0.3, -0.25) is 4.79 Å². The largest absolute Gasteiger partial charge is 0.496 e. The second kappa shape index (κ2) is 8.36. The lowest BCUT2D eigenvalue weighted by molar-refractivity contribution is -0.116. The van der Waals surface area contributed by atoms with Gasteiger partial charge in [0.1, 0.15) is 11.3 Å². The Kier molecular flexibility index (Phi) is 6.21. The first kappa shape index (κ1) is 17.8. The molecule has 5 nitrogen and oxygen atoms in total. The summed E-state index contributed by atoms with van der Waals surface area (Å²) in [6.45, 7) is 0. The summed E-state index contributed by atoms with van der Waals surface area (Å²) in [5.74, 6) is -0.450. The van der Waals surface area contributed by atoms with Crippen molar-refractivity contribution >= 4 is 29.2 Å². The number of rotatable bonds is 6. The first-order valence-electron chi connectivity index (χ1n) is 7.34. The summed E-state index contributed by atoms with van der Waals surface area (Å²) in [7, 11) is 2.70. The summed E-state index contributed by atoms with van der Waals surface area (Å²) in [4.78, 5) is 23.8. The van der Waals surface area contributed by atoms with Crippen molar-refractivity contribution in [2.75, 3.05) is 19.5 Å². The van der Waals surface area contributed by atoms with Crippen molar-refractivity contribution in [3.8, 4) is 5.75 Å². The molecule has 0 radical (unpaired) electrons. The van der Waals surface area contributed by atoms with Crippen LogP contribution in [0.25, 0.3) is 0 Å². The fourth-order valence-electron chi connectivity index (χ4n) is 2.20. The van der Waals surface area contributed by atoms with Gasteiger partial charge in [-0.05, 0) is 18.1 Å². The molecule has 2 rings (SSSR count). The Hall–Kier alpha value is -2.53. The van der Waals surface area contributed by atoms with Gasteiger partial charge in [0, 0.05) is 12.5 Å². The fourth-order valence-corrected chi connectivity index (χ4v) is 2.41. The maximum atomic E-state index is 12.1. The van der Waals surface area contributed by atoms with Crippen LogP contribution in [0.3, 0.4) is 0 Å². The average molecular weight is 348 g/mol. The number of carbonyl (C=O) groups is 2. The van der Waals surface area contributed by atoms with Gasteiger partial charge >= 0.3 is 5.97 Å². The number of hydrogen-bond acceptors (Lipinski definition) is 4. The van der Waals surface area contributed by atoms with Crippen LogP contribution in [0.5, 0.6) is 5.75 Å². The number of halogens is 1. The van der Waals surface area contributed by atoms with Crippen LogP contribution in [-0.4, -0.2) is 26.1 Å². The molecule has 0 unspecified atom stereocenters. The lowest BCUT2D eigenvalue weighted by atomic mass is 10.1. The highest BCUT2D eigenvalue weighted by molar-refractivity contribution is 6.34. The Morgan fingerprint density at radius 2 is 1.83 bits per heavy atom. The van der Waals surface area contributed by atoms with Gasteiger partial charge in [0.25, 0.3) is 0 Å². The second-order valence-electron chi connectivity index (χ2n) is 5.06. The van der Waals surface area contributed by atoms with Crippen LogP contribution >= 0.6 is 11.6 Å². The van der Waals surface area contributed by atoms with E-state index in [2.05, 4.69) is 10.1 Å². The molecule has 0 aliphatic carbocycles. The van der Waals surface area contributed by atoms with Crippen LogP contribution in [0.15, 0.2) is 42.5 Å². The summed E-state index contributed by atoms with van der Waals surface area (Å²) in [5, 5.41) is 2.98. The van der Waals surface area contributed by atoms with Gasteiger partial charge in [-0.25, -0.2) is 4.79 Å². The van der Waals surface area contributed by atoms with Gasteiger partial charge in [0.2, 0.25) is 5.91 Å². The third-order valence-corrected chi connectivity index (χ3v) is 3.76. The lowest BCUT2D eigenvalue weighted by Gasteiger charge is -2.12. The summed E-state index contributed by atoms with van der Waals surface area (Å²) in [6, 6.07) is 12.6. The summed E-state index contributed by atoms with van der Waals surface area (Å²) in [5.41, 5.74) is 1.67. The number of ether oxygens (including phenoxy) is 2. The first-order chi connectivity index (χ1) is 11.5. The standard InChI is InChI=1S/C18H18ClNO4/c1-23-16-11-15(14(19)10-13(16)18(22)24-2)20-17(21)9-8-12-6-4-3-5-7-12/h3-7,10-11H,8-9H2,1-2H3,(H,20,21). The SMILES string of the molecule is COC(=O)c1cc(Cl)c(NC(=O)CCc2ccccc2)cc1OC. The van der Waals surface area contributed by atoms with Crippen molar-refractivity contribution < 1.29 is 19.1 Å². The number of aryl methyl sites for hydroxylation is 1. The van der Waals surface area contributed by atoms with E-state index in [1.807, 2.05) is 30.3 Å². The van der Waals surface area contributed by atoms with Crippen LogP contribution in [0.4, 0.5) is 5.69 Å². The number of anilines is 1. The molecular weight excluding hydrogens is 330 g/mol. The Bertz CT molecular complexity index is 731. The lowest BCUT2D eigenvalue weighted by Crippen LogP contribution is -2.13. The second-order valence-corrected chi connectivity index (χ2v) is 5.46. The number of benzene rings is 2. The molecule has 1 amide bonds. The molecule has 0 saturated heterocycles. The first-order valence-corrected chi connectivity index (χ1v) is 7.72. The zero-order chi connectivity index (χ0) is 17.5. The van der Waals surface area contributed by atoms with Crippen molar-refractivity contribution in [3.05, 3.63) is 58.6 Å². The number of carbonyl (C=O) groups excluding carboxylic acids is 2. The van der Waals surface area contributed by atoms with Crippen LogP contribution in [-0.2, 0) is 16.0 Å². The molecular formula is C18H18ClNO4. The molecule has 0 aliphatic heterocycles. The molecule has 126 valence electrons. The molecule has 0 aliphatic rings. The Morgan fingerprint density at radius 3 is 2.46 bits per heavy atom. The van der Waals surface area contributed by atoms with E-state index in [-0.39, 0.29) is 22.2 Å².